The number of aliphatic hydroxyl groups is 3. The minimum Gasteiger partial charge on any atom is -0.474 e. The molecule has 0 bridgehead atoms. The Balaban J connectivity index is 2.39. The predicted octanol–water partition coefficient (Wildman–Crippen LogP) is 2.36. The molecule has 7 nitrogen and oxygen atoms in total. The van der Waals surface area contributed by atoms with Gasteiger partial charge >= 0.3 is 0 Å². The van der Waals surface area contributed by atoms with Gasteiger partial charge in [0.25, 0.3) is 0 Å². The van der Waals surface area contributed by atoms with Gasteiger partial charge in [0.15, 0.2) is 5.43 Å². The van der Waals surface area contributed by atoms with Crippen LogP contribution in [0.1, 0.15) is 11.3 Å². The van der Waals surface area contributed by atoms with Crippen molar-refractivity contribution in [3.8, 4) is 11.6 Å². The summed E-state index contributed by atoms with van der Waals surface area (Å²) in [4.78, 5) is 16.8. The second kappa shape index (κ2) is 8.64. The summed E-state index contributed by atoms with van der Waals surface area (Å²) in [7, 11) is 0. The van der Waals surface area contributed by atoms with Gasteiger partial charge in [-0.2, -0.15) is 0 Å². The van der Waals surface area contributed by atoms with Gasteiger partial charge in [0.2, 0.25) is 5.88 Å². The Kier molecular flexibility index (Phi) is 6.40. The molecule has 3 aromatic rings. The quantitative estimate of drug-likeness (QED) is 0.541. The molecule has 3 N–H and O–H groups in total. The van der Waals surface area contributed by atoms with E-state index in [0.717, 1.165) is 6.07 Å². The molecule has 2 aromatic heterocycles. The molecule has 3 rings (SSSR count). The molecule has 154 valence electrons. The number of aryl methyl sites for hydroxylation is 1. The zero-order valence-corrected chi connectivity index (χ0v) is 16.7. The van der Waals surface area contributed by atoms with Crippen molar-refractivity contribution in [2.45, 2.75) is 19.6 Å². The van der Waals surface area contributed by atoms with E-state index in [2.05, 4.69) is 4.98 Å². The summed E-state index contributed by atoms with van der Waals surface area (Å²) in [6, 6.07) is 3.55. The third-order valence-electron chi connectivity index (χ3n) is 4.25. The highest BCUT2D eigenvalue weighted by Gasteiger charge is 2.21. The van der Waals surface area contributed by atoms with E-state index in [1.807, 2.05) is 0 Å². The van der Waals surface area contributed by atoms with Gasteiger partial charge in [-0.1, -0.05) is 23.2 Å². The van der Waals surface area contributed by atoms with Crippen LogP contribution in [0.3, 0.4) is 0 Å². The summed E-state index contributed by atoms with van der Waals surface area (Å²) in [5.41, 5.74) is 0.578. The first-order valence-corrected chi connectivity index (χ1v) is 9.25. The molecule has 0 fully saturated rings. The highest BCUT2D eigenvalue weighted by Crippen LogP contribution is 2.34. The number of fused-ring (bicyclic) bond motifs is 1. The molecular formula is C19H17Cl2FN2O5. The number of aromatic nitrogens is 2. The van der Waals surface area contributed by atoms with Crippen molar-refractivity contribution in [2.75, 3.05) is 13.2 Å². The molecule has 0 spiro atoms. The van der Waals surface area contributed by atoms with E-state index in [1.165, 1.54) is 22.9 Å². The van der Waals surface area contributed by atoms with Gasteiger partial charge in [0, 0.05) is 6.07 Å². The third kappa shape index (κ3) is 4.08. The summed E-state index contributed by atoms with van der Waals surface area (Å²) >= 11 is 12.6. The third-order valence-corrected chi connectivity index (χ3v) is 4.82. The Morgan fingerprint density at radius 2 is 1.97 bits per heavy atom. The van der Waals surface area contributed by atoms with Crippen LogP contribution in [0.4, 0.5) is 4.39 Å². The number of hydrogen-bond acceptors (Lipinski definition) is 6. The fraction of sp³-hybridized carbons (Fsp3) is 0.263. The van der Waals surface area contributed by atoms with Gasteiger partial charge < -0.3 is 24.6 Å². The van der Waals surface area contributed by atoms with Crippen molar-refractivity contribution < 1.29 is 24.4 Å². The van der Waals surface area contributed by atoms with E-state index in [4.69, 9.17) is 33.0 Å². The van der Waals surface area contributed by atoms with E-state index in [1.54, 1.807) is 6.92 Å². The predicted molar refractivity (Wildman–Crippen MR) is 107 cm³/mol. The smallest absolute Gasteiger partial charge is 0.227 e. The molecule has 1 aromatic carbocycles. The molecular weight excluding hydrogens is 426 g/mol. The van der Waals surface area contributed by atoms with Gasteiger partial charge in [-0.25, -0.2) is 9.37 Å². The van der Waals surface area contributed by atoms with Crippen LogP contribution in [0.5, 0.6) is 5.88 Å². The lowest BCUT2D eigenvalue weighted by atomic mass is 10.1. The molecule has 0 radical (unpaired) electrons. The minimum absolute atomic E-state index is 0.0142. The van der Waals surface area contributed by atoms with Gasteiger partial charge in [-0.05, 0) is 24.6 Å². The van der Waals surface area contributed by atoms with Crippen molar-refractivity contribution in [3.05, 3.63) is 61.7 Å². The molecule has 0 aliphatic heterocycles. The van der Waals surface area contributed by atoms with Crippen LogP contribution < -0.4 is 10.2 Å². The largest absolute Gasteiger partial charge is 0.474 e. The van der Waals surface area contributed by atoms with E-state index >= 15 is 0 Å². The monoisotopic (exact) mass is 442 g/mol. The fourth-order valence-electron chi connectivity index (χ4n) is 3.02. The normalized spacial score (nSPS) is 12.4. The van der Waals surface area contributed by atoms with E-state index in [0.29, 0.717) is 11.3 Å². The number of benzene rings is 1. The topological polar surface area (TPSA) is 105 Å². The van der Waals surface area contributed by atoms with Crippen molar-refractivity contribution in [1.82, 2.24) is 9.55 Å². The zero-order valence-electron chi connectivity index (χ0n) is 15.2. The Morgan fingerprint density at radius 3 is 2.59 bits per heavy atom. The Morgan fingerprint density at radius 1 is 1.24 bits per heavy atom. The Labute approximate surface area is 174 Å². The summed E-state index contributed by atoms with van der Waals surface area (Å²) in [6.07, 6.45) is 0.0734. The molecule has 0 aliphatic rings. The van der Waals surface area contributed by atoms with Crippen LogP contribution in [0, 0.1) is 12.7 Å². The maximum Gasteiger partial charge on any atom is 0.227 e. The molecule has 0 amide bonds. The SMILES string of the molecule is Cc1cc(F)cc(Cl)c1-n1c(CO)cc(=O)c2c(OCC(O)CO)ncc(Cl)c21. The highest BCUT2D eigenvalue weighted by molar-refractivity contribution is 6.35. The Hall–Kier alpha value is -2.23. The standard InChI is InChI=1S/C19H17Cl2FN2O5/c1-9-2-10(22)3-13(20)17(9)24-11(6-25)4-15(28)16-18(24)14(21)5-23-19(16)29-8-12(27)7-26/h2-5,12,25-27H,6-8H2,1H3. The molecule has 1 unspecified atom stereocenters. The molecule has 2 heterocycles. The summed E-state index contributed by atoms with van der Waals surface area (Å²) < 4.78 is 20.6. The molecule has 1 atom stereocenters. The van der Waals surface area contributed by atoms with Crippen LogP contribution in [0.2, 0.25) is 10.0 Å². The number of pyridine rings is 2. The lowest BCUT2D eigenvalue weighted by Gasteiger charge is -2.21. The molecule has 0 saturated carbocycles. The van der Waals surface area contributed by atoms with Crippen LogP contribution in [0.25, 0.3) is 16.6 Å². The summed E-state index contributed by atoms with van der Waals surface area (Å²) in [5, 5.41) is 28.4. The van der Waals surface area contributed by atoms with E-state index in [9.17, 15) is 19.4 Å². The van der Waals surface area contributed by atoms with Gasteiger partial charge in [0.05, 0.1) is 46.4 Å². The number of hydrogen-bond donors (Lipinski definition) is 3. The number of nitrogens with zero attached hydrogens (tertiary/aromatic N) is 2. The highest BCUT2D eigenvalue weighted by atomic mass is 35.5. The van der Waals surface area contributed by atoms with E-state index < -0.39 is 30.6 Å². The van der Waals surface area contributed by atoms with Gasteiger partial charge in [-0.15, -0.1) is 0 Å². The van der Waals surface area contributed by atoms with Crippen molar-refractivity contribution in [1.29, 1.82) is 0 Å². The van der Waals surface area contributed by atoms with Gasteiger partial charge in [0.1, 0.15) is 23.9 Å². The average Bonchev–Trinajstić information content (AvgIpc) is 2.67. The lowest BCUT2D eigenvalue weighted by molar-refractivity contribution is 0.0526. The minimum atomic E-state index is -1.17. The molecule has 0 saturated heterocycles. The zero-order chi connectivity index (χ0) is 21.3. The Bertz CT molecular complexity index is 1110. The van der Waals surface area contributed by atoms with Crippen molar-refractivity contribution in [3.63, 3.8) is 0 Å². The number of rotatable bonds is 6. The second-order valence-corrected chi connectivity index (χ2v) is 7.14. The van der Waals surface area contributed by atoms with Crippen molar-refractivity contribution in [2.24, 2.45) is 0 Å². The number of ether oxygens (including phenoxy) is 1. The average molecular weight is 443 g/mol. The number of halogens is 3. The summed E-state index contributed by atoms with van der Waals surface area (Å²) in [6.45, 7) is 0.266. The summed E-state index contributed by atoms with van der Waals surface area (Å²) in [5.74, 6) is -0.655. The van der Waals surface area contributed by atoms with Crippen LogP contribution in [-0.2, 0) is 6.61 Å². The van der Waals surface area contributed by atoms with Crippen molar-refractivity contribution >= 4 is 34.1 Å². The molecule has 0 aliphatic carbocycles. The first-order valence-electron chi connectivity index (χ1n) is 8.50. The van der Waals surface area contributed by atoms with E-state index in [-0.39, 0.29) is 39.1 Å². The second-order valence-electron chi connectivity index (χ2n) is 6.33. The first kappa shape index (κ1) is 21.5. The van der Waals surface area contributed by atoms with Crippen LogP contribution in [-0.4, -0.2) is 44.2 Å². The van der Waals surface area contributed by atoms with Crippen LogP contribution in [0.15, 0.2) is 29.2 Å². The molecule has 10 heteroatoms. The van der Waals surface area contributed by atoms with Gasteiger partial charge in [-0.3, -0.25) is 4.79 Å². The lowest BCUT2D eigenvalue weighted by Crippen LogP contribution is -2.23. The first-order chi connectivity index (χ1) is 13.8. The molecule has 29 heavy (non-hydrogen) atoms. The number of aliphatic hydroxyl groups excluding tert-OH is 3. The fourth-order valence-corrected chi connectivity index (χ4v) is 3.59. The van der Waals surface area contributed by atoms with Crippen LogP contribution >= 0.6 is 23.2 Å². The maximum absolute atomic E-state index is 13.7. The maximum atomic E-state index is 13.7.